The van der Waals surface area contributed by atoms with Gasteiger partial charge in [-0.2, -0.15) is 0 Å². The third kappa shape index (κ3) is 4.57. The van der Waals surface area contributed by atoms with Crippen LogP contribution >= 0.6 is 23.2 Å². The van der Waals surface area contributed by atoms with Crippen LogP contribution in [-0.4, -0.2) is 34.6 Å². The minimum Gasteiger partial charge on any atom is -0.352 e. The first-order valence-corrected chi connectivity index (χ1v) is 10.5. The molecule has 1 atom stereocenters. The van der Waals surface area contributed by atoms with Crippen LogP contribution in [0, 0.1) is 0 Å². The molecule has 0 radical (unpaired) electrons. The first-order chi connectivity index (χ1) is 14.8. The average Bonchev–Trinajstić information content (AvgIpc) is 3.05. The normalized spacial score (nSPS) is 18.1. The number of nitrogens with zero attached hydrogens (tertiary/aromatic N) is 1. The van der Waals surface area contributed by atoms with E-state index in [0.717, 1.165) is 16.7 Å². The fraction of sp³-hybridized carbons (Fsp3) is 0.273. The first kappa shape index (κ1) is 21.3. The van der Waals surface area contributed by atoms with Gasteiger partial charge in [-0.25, -0.2) is 0 Å². The van der Waals surface area contributed by atoms with E-state index >= 15 is 0 Å². The second-order valence-corrected chi connectivity index (χ2v) is 8.41. The topological polar surface area (TPSA) is 95.6 Å². The van der Waals surface area contributed by atoms with Crippen molar-refractivity contribution in [2.45, 2.75) is 38.4 Å². The number of rotatable bonds is 5. The predicted molar refractivity (Wildman–Crippen MR) is 114 cm³/mol. The summed E-state index contributed by atoms with van der Waals surface area (Å²) >= 11 is 11.9. The fourth-order valence-electron chi connectivity index (χ4n) is 3.84. The van der Waals surface area contributed by atoms with Crippen LogP contribution in [0.1, 0.15) is 39.9 Å². The van der Waals surface area contributed by atoms with Crippen LogP contribution in [0.25, 0.3) is 0 Å². The summed E-state index contributed by atoms with van der Waals surface area (Å²) in [6.07, 6.45) is 0.707. The summed E-state index contributed by atoms with van der Waals surface area (Å²) in [5.74, 6) is -1.14. The van der Waals surface area contributed by atoms with Crippen LogP contribution in [0.5, 0.6) is 0 Å². The third-order valence-electron chi connectivity index (χ3n) is 5.43. The molecule has 9 heteroatoms. The van der Waals surface area contributed by atoms with Crippen LogP contribution in [0.4, 0.5) is 0 Å². The van der Waals surface area contributed by atoms with Gasteiger partial charge in [0.2, 0.25) is 17.7 Å². The van der Waals surface area contributed by atoms with E-state index < -0.39 is 11.9 Å². The Balaban J connectivity index is 1.38. The number of carbonyl (C=O) groups is 4. The summed E-state index contributed by atoms with van der Waals surface area (Å²) in [4.78, 5) is 50.0. The number of hydrogen-bond acceptors (Lipinski definition) is 4. The molecular formula is C22H19Cl2N3O4. The highest BCUT2D eigenvalue weighted by Gasteiger charge is 2.39. The maximum atomic E-state index is 12.7. The second kappa shape index (κ2) is 8.69. The van der Waals surface area contributed by atoms with Gasteiger partial charge in [0.1, 0.15) is 6.04 Å². The summed E-state index contributed by atoms with van der Waals surface area (Å²) < 4.78 is 0. The molecule has 0 aromatic heterocycles. The Morgan fingerprint density at radius 3 is 2.58 bits per heavy atom. The van der Waals surface area contributed by atoms with Crippen molar-refractivity contribution in [1.29, 1.82) is 0 Å². The number of benzene rings is 2. The predicted octanol–water partition coefficient (Wildman–Crippen LogP) is 2.61. The number of nitrogens with one attached hydrogen (secondary N) is 2. The Morgan fingerprint density at radius 1 is 1.06 bits per heavy atom. The maximum Gasteiger partial charge on any atom is 0.255 e. The van der Waals surface area contributed by atoms with E-state index in [1.807, 2.05) is 6.07 Å². The molecule has 1 unspecified atom stereocenters. The highest BCUT2D eigenvalue weighted by atomic mass is 35.5. The molecule has 160 valence electrons. The van der Waals surface area contributed by atoms with Crippen LogP contribution < -0.4 is 10.6 Å². The van der Waals surface area contributed by atoms with Crippen molar-refractivity contribution in [2.24, 2.45) is 0 Å². The van der Waals surface area contributed by atoms with Crippen molar-refractivity contribution < 1.29 is 19.2 Å². The molecule has 4 amide bonds. The van der Waals surface area contributed by atoms with E-state index in [0.29, 0.717) is 35.1 Å². The van der Waals surface area contributed by atoms with Gasteiger partial charge in [-0.3, -0.25) is 24.5 Å². The highest BCUT2D eigenvalue weighted by molar-refractivity contribution is 6.42. The molecule has 1 saturated heterocycles. The SMILES string of the molecule is O=C(Cc1ccc(Cl)c(Cl)c1)NCc1ccc2c(c1)CN(C1CCC(=O)NC1=O)C2=O. The molecule has 7 nitrogen and oxygen atoms in total. The van der Waals surface area contributed by atoms with Gasteiger partial charge in [0.05, 0.1) is 16.5 Å². The van der Waals surface area contributed by atoms with Gasteiger partial charge in [0, 0.05) is 25.1 Å². The fourth-order valence-corrected chi connectivity index (χ4v) is 4.16. The molecule has 2 aliphatic rings. The van der Waals surface area contributed by atoms with Crippen LogP contribution in [0.15, 0.2) is 36.4 Å². The summed E-state index contributed by atoms with van der Waals surface area (Å²) in [6, 6.07) is 9.77. The molecule has 2 aromatic rings. The molecule has 2 N–H and O–H groups in total. The van der Waals surface area contributed by atoms with Gasteiger partial charge in [-0.1, -0.05) is 41.4 Å². The largest absolute Gasteiger partial charge is 0.352 e. The maximum absolute atomic E-state index is 12.7. The van der Waals surface area contributed by atoms with Gasteiger partial charge in [-0.15, -0.1) is 0 Å². The van der Waals surface area contributed by atoms with Crippen LogP contribution in [0.2, 0.25) is 10.0 Å². The molecule has 2 aliphatic heterocycles. The molecule has 2 heterocycles. The van der Waals surface area contributed by atoms with Crippen molar-refractivity contribution in [3.05, 3.63) is 68.7 Å². The lowest BCUT2D eigenvalue weighted by molar-refractivity contribution is -0.137. The Hall–Kier alpha value is -2.90. The van der Waals surface area contributed by atoms with Gasteiger partial charge < -0.3 is 10.2 Å². The molecule has 1 fully saturated rings. The minimum absolute atomic E-state index is 0.167. The van der Waals surface area contributed by atoms with Crippen LogP contribution in [0.3, 0.4) is 0 Å². The van der Waals surface area contributed by atoms with Crippen molar-refractivity contribution in [3.63, 3.8) is 0 Å². The van der Waals surface area contributed by atoms with E-state index in [-0.39, 0.29) is 30.6 Å². The van der Waals surface area contributed by atoms with Crippen molar-refractivity contribution in [1.82, 2.24) is 15.5 Å². The van der Waals surface area contributed by atoms with E-state index in [4.69, 9.17) is 23.2 Å². The average molecular weight is 460 g/mol. The number of piperidine rings is 1. The molecular weight excluding hydrogens is 441 g/mol. The van der Waals surface area contributed by atoms with Gasteiger partial charge in [-0.05, 0) is 41.3 Å². The third-order valence-corrected chi connectivity index (χ3v) is 6.17. The van der Waals surface area contributed by atoms with E-state index in [2.05, 4.69) is 10.6 Å². The summed E-state index contributed by atoms with van der Waals surface area (Å²) in [6.45, 7) is 0.603. The summed E-state index contributed by atoms with van der Waals surface area (Å²) in [5.41, 5.74) is 2.94. The summed E-state index contributed by atoms with van der Waals surface area (Å²) in [5, 5.41) is 5.98. The van der Waals surface area contributed by atoms with Crippen molar-refractivity contribution in [3.8, 4) is 0 Å². The molecule has 0 aliphatic carbocycles. The number of imide groups is 1. The van der Waals surface area contributed by atoms with Crippen molar-refractivity contribution in [2.75, 3.05) is 0 Å². The molecule has 4 rings (SSSR count). The Kier molecular flexibility index (Phi) is 5.98. The lowest BCUT2D eigenvalue weighted by Gasteiger charge is -2.29. The van der Waals surface area contributed by atoms with Gasteiger partial charge in [0.15, 0.2) is 0 Å². The Bertz CT molecular complexity index is 1100. The summed E-state index contributed by atoms with van der Waals surface area (Å²) in [7, 11) is 0. The highest BCUT2D eigenvalue weighted by Crippen LogP contribution is 2.28. The lowest BCUT2D eigenvalue weighted by atomic mass is 10.0. The number of fused-ring (bicyclic) bond motifs is 1. The number of hydrogen-bond donors (Lipinski definition) is 2. The molecule has 0 bridgehead atoms. The lowest BCUT2D eigenvalue weighted by Crippen LogP contribution is -2.52. The van der Waals surface area contributed by atoms with Gasteiger partial charge in [0.25, 0.3) is 5.91 Å². The standard InChI is InChI=1S/C22H19Cl2N3O4/c23-16-4-2-12(8-17(16)24)9-20(29)25-10-13-1-3-15-14(7-13)11-27(22(15)31)18-5-6-19(28)26-21(18)30/h1-4,7-8,18H,5-6,9-11H2,(H,25,29)(H,26,28,30). The number of halogens is 2. The van der Waals surface area contributed by atoms with E-state index in [1.165, 1.54) is 4.90 Å². The monoisotopic (exact) mass is 459 g/mol. The minimum atomic E-state index is -0.646. The van der Waals surface area contributed by atoms with Crippen molar-refractivity contribution >= 4 is 46.8 Å². The zero-order valence-electron chi connectivity index (χ0n) is 16.4. The first-order valence-electron chi connectivity index (χ1n) is 9.79. The quantitative estimate of drug-likeness (QED) is 0.671. The molecule has 2 aromatic carbocycles. The zero-order valence-corrected chi connectivity index (χ0v) is 17.9. The Labute approximate surface area is 188 Å². The van der Waals surface area contributed by atoms with Crippen LogP contribution in [-0.2, 0) is 33.9 Å². The number of amides is 4. The van der Waals surface area contributed by atoms with E-state index in [9.17, 15) is 19.2 Å². The number of carbonyl (C=O) groups excluding carboxylic acids is 4. The van der Waals surface area contributed by atoms with E-state index in [1.54, 1.807) is 30.3 Å². The second-order valence-electron chi connectivity index (χ2n) is 7.59. The van der Waals surface area contributed by atoms with Gasteiger partial charge >= 0.3 is 0 Å². The molecule has 31 heavy (non-hydrogen) atoms. The molecule has 0 saturated carbocycles. The zero-order chi connectivity index (χ0) is 22.1. The molecule has 0 spiro atoms. The Morgan fingerprint density at radius 2 is 1.84 bits per heavy atom. The smallest absolute Gasteiger partial charge is 0.255 e.